The molecular weight excluding hydrogens is 483 g/mol. The monoisotopic (exact) mass is 506 g/mol. The van der Waals surface area contributed by atoms with Gasteiger partial charge in [0.15, 0.2) is 16.6 Å². The molecule has 0 radical (unpaired) electrons. The van der Waals surface area contributed by atoms with Crippen LogP contribution in [0.5, 0.6) is 5.88 Å². The van der Waals surface area contributed by atoms with Crippen molar-refractivity contribution in [2.45, 2.75) is 44.4 Å². The van der Waals surface area contributed by atoms with Crippen LogP contribution in [0.2, 0.25) is 0 Å². The predicted molar refractivity (Wildman–Crippen MR) is 125 cm³/mol. The van der Waals surface area contributed by atoms with Crippen LogP contribution < -0.4 is 14.8 Å². The number of aromatic nitrogens is 4. The number of halogens is 1. The number of carbonyl (C=O) groups is 1. The van der Waals surface area contributed by atoms with Crippen LogP contribution in [0.15, 0.2) is 30.0 Å². The van der Waals surface area contributed by atoms with E-state index >= 15 is 0 Å². The molecule has 4 rings (SSSR count). The number of anilines is 1. The van der Waals surface area contributed by atoms with Crippen LogP contribution >= 0.6 is 11.3 Å². The molecular formula is C21H23FN6O4S2. The standard InChI is InChI=1S/C21H23FN6O4S2/c1-4-32-17-10-23-9-15(25-17)12-7-14(22)18(24-8-12)19(29)27-21(2,3)16-11-33-20(26-16)28-34(30,31)13-5-6-13/h7-11,13H,4-6H2,1-3H3,(H,26,28)(H,27,29). The van der Waals surface area contributed by atoms with E-state index in [9.17, 15) is 17.6 Å². The molecule has 34 heavy (non-hydrogen) atoms. The molecule has 180 valence electrons. The van der Waals surface area contributed by atoms with E-state index < -0.39 is 33.0 Å². The summed E-state index contributed by atoms with van der Waals surface area (Å²) in [5, 5.41) is 4.18. The molecule has 2 N–H and O–H groups in total. The van der Waals surface area contributed by atoms with Crippen molar-refractivity contribution in [1.82, 2.24) is 25.3 Å². The molecule has 10 nitrogen and oxygen atoms in total. The normalized spacial score (nSPS) is 14.0. The minimum absolute atomic E-state index is 0.216. The van der Waals surface area contributed by atoms with Gasteiger partial charge in [-0.05, 0) is 39.7 Å². The van der Waals surface area contributed by atoms with Crippen LogP contribution in [0.3, 0.4) is 0 Å². The Morgan fingerprint density at radius 2 is 2.03 bits per heavy atom. The van der Waals surface area contributed by atoms with E-state index in [2.05, 4.69) is 30.0 Å². The topological polar surface area (TPSA) is 136 Å². The molecule has 0 aromatic carbocycles. The van der Waals surface area contributed by atoms with Crippen molar-refractivity contribution < 1.29 is 22.3 Å². The molecule has 3 heterocycles. The molecule has 0 atom stereocenters. The maximum atomic E-state index is 14.8. The van der Waals surface area contributed by atoms with Crippen molar-refractivity contribution in [2.75, 3.05) is 11.3 Å². The summed E-state index contributed by atoms with van der Waals surface area (Å²) in [4.78, 5) is 29.3. The van der Waals surface area contributed by atoms with E-state index in [0.717, 1.165) is 17.4 Å². The summed E-state index contributed by atoms with van der Waals surface area (Å²) in [6, 6.07) is 1.16. The lowest BCUT2D eigenvalue weighted by Gasteiger charge is -2.24. The van der Waals surface area contributed by atoms with Crippen LogP contribution in [0, 0.1) is 5.82 Å². The lowest BCUT2D eigenvalue weighted by Crippen LogP contribution is -2.42. The van der Waals surface area contributed by atoms with Crippen LogP contribution in [0.1, 0.15) is 49.8 Å². The maximum absolute atomic E-state index is 14.8. The van der Waals surface area contributed by atoms with Crippen LogP contribution in [-0.2, 0) is 15.6 Å². The van der Waals surface area contributed by atoms with Gasteiger partial charge in [-0.2, -0.15) is 0 Å². The molecule has 0 saturated heterocycles. The summed E-state index contributed by atoms with van der Waals surface area (Å²) >= 11 is 1.11. The Hall–Kier alpha value is -3.19. The Labute approximate surface area is 200 Å². The molecule has 3 aromatic rings. The molecule has 1 aliphatic rings. The van der Waals surface area contributed by atoms with Gasteiger partial charge in [-0.1, -0.05) is 0 Å². The molecule has 0 spiro atoms. The third-order valence-electron chi connectivity index (χ3n) is 5.02. The number of hydrogen-bond donors (Lipinski definition) is 2. The van der Waals surface area contributed by atoms with Crippen LogP contribution in [0.4, 0.5) is 9.52 Å². The van der Waals surface area contributed by atoms with Gasteiger partial charge in [0.25, 0.3) is 5.91 Å². The summed E-state index contributed by atoms with van der Waals surface area (Å²) in [5.74, 6) is -1.27. The second-order valence-corrected chi connectivity index (χ2v) is 11.0. The van der Waals surface area contributed by atoms with Gasteiger partial charge in [0.1, 0.15) is 0 Å². The lowest BCUT2D eigenvalue weighted by molar-refractivity contribution is 0.0901. The highest BCUT2D eigenvalue weighted by atomic mass is 32.2. The first-order chi connectivity index (χ1) is 16.1. The van der Waals surface area contributed by atoms with E-state index in [0.29, 0.717) is 42.3 Å². The number of nitrogens with one attached hydrogen (secondary N) is 2. The largest absolute Gasteiger partial charge is 0.477 e. The highest BCUT2D eigenvalue weighted by Gasteiger charge is 2.36. The second kappa shape index (κ2) is 9.22. The highest BCUT2D eigenvalue weighted by molar-refractivity contribution is 7.93. The summed E-state index contributed by atoms with van der Waals surface area (Å²) in [6.45, 7) is 5.58. The van der Waals surface area contributed by atoms with Crippen LogP contribution in [-0.4, -0.2) is 46.1 Å². The zero-order valence-corrected chi connectivity index (χ0v) is 20.3. The van der Waals surface area contributed by atoms with Gasteiger partial charge in [0.2, 0.25) is 15.9 Å². The zero-order valence-electron chi connectivity index (χ0n) is 18.7. The summed E-state index contributed by atoms with van der Waals surface area (Å²) in [6.07, 6.45) is 5.49. The average Bonchev–Trinajstić information content (AvgIpc) is 3.54. The van der Waals surface area contributed by atoms with Crippen molar-refractivity contribution in [3.8, 4) is 17.1 Å². The first-order valence-electron chi connectivity index (χ1n) is 10.5. The SMILES string of the molecule is CCOc1cncc(-c2cnc(C(=O)NC(C)(C)c3csc(NS(=O)(=O)C4CC4)n3)c(F)c2)n1. The Balaban J connectivity index is 1.48. The van der Waals surface area contributed by atoms with Gasteiger partial charge in [0.05, 0.1) is 41.2 Å². The Kier molecular flexibility index (Phi) is 6.49. The number of rotatable bonds is 9. The van der Waals surface area contributed by atoms with E-state index in [4.69, 9.17) is 4.74 Å². The molecule has 1 aliphatic carbocycles. The van der Waals surface area contributed by atoms with E-state index in [1.165, 1.54) is 18.6 Å². The number of sulfonamides is 1. The summed E-state index contributed by atoms with van der Waals surface area (Å²) in [5.41, 5.74) is -0.279. The minimum atomic E-state index is -3.44. The Bertz CT molecular complexity index is 1320. The van der Waals surface area contributed by atoms with Gasteiger partial charge >= 0.3 is 0 Å². The number of carbonyl (C=O) groups excluding carboxylic acids is 1. The van der Waals surface area contributed by atoms with Crippen molar-refractivity contribution in [3.05, 3.63) is 47.2 Å². The van der Waals surface area contributed by atoms with Gasteiger partial charge in [-0.25, -0.2) is 27.8 Å². The third kappa shape index (κ3) is 5.30. The fraction of sp³-hybridized carbons (Fsp3) is 0.381. The smallest absolute Gasteiger partial charge is 0.273 e. The van der Waals surface area contributed by atoms with E-state index in [-0.39, 0.29) is 10.4 Å². The molecule has 0 unspecified atom stereocenters. The summed E-state index contributed by atoms with van der Waals surface area (Å²) < 4.78 is 46.8. The molecule has 1 saturated carbocycles. The number of nitrogens with zero attached hydrogens (tertiary/aromatic N) is 4. The quantitative estimate of drug-likeness (QED) is 0.452. The van der Waals surface area contributed by atoms with Gasteiger partial charge < -0.3 is 10.1 Å². The number of pyridine rings is 1. The first-order valence-corrected chi connectivity index (χ1v) is 12.9. The van der Waals surface area contributed by atoms with Crippen molar-refractivity contribution in [2.24, 2.45) is 0 Å². The third-order valence-corrected chi connectivity index (χ3v) is 7.73. The van der Waals surface area contributed by atoms with Crippen LogP contribution in [0.25, 0.3) is 11.3 Å². The number of amides is 1. The first kappa shape index (κ1) is 24.0. The Morgan fingerprint density at radius 1 is 1.26 bits per heavy atom. The van der Waals surface area contributed by atoms with Gasteiger partial charge in [-0.15, -0.1) is 11.3 Å². The fourth-order valence-electron chi connectivity index (χ4n) is 3.05. The maximum Gasteiger partial charge on any atom is 0.273 e. The van der Waals surface area contributed by atoms with E-state index in [1.807, 2.05) is 6.92 Å². The van der Waals surface area contributed by atoms with Crippen molar-refractivity contribution >= 4 is 32.4 Å². The lowest BCUT2D eigenvalue weighted by atomic mass is 10.0. The molecule has 0 aliphatic heterocycles. The molecule has 1 fully saturated rings. The zero-order chi connectivity index (χ0) is 24.5. The molecule has 3 aromatic heterocycles. The Morgan fingerprint density at radius 3 is 2.71 bits per heavy atom. The van der Waals surface area contributed by atoms with Crippen molar-refractivity contribution in [1.29, 1.82) is 0 Å². The highest BCUT2D eigenvalue weighted by Crippen LogP contribution is 2.32. The van der Waals surface area contributed by atoms with E-state index in [1.54, 1.807) is 19.2 Å². The van der Waals surface area contributed by atoms with Gasteiger partial charge in [-0.3, -0.25) is 14.5 Å². The number of hydrogen-bond acceptors (Lipinski definition) is 9. The average molecular weight is 507 g/mol. The summed E-state index contributed by atoms with van der Waals surface area (Å²) in [7, 11) is -3.44. The molecule has 0 bridgehead atoms. The number of thiazole rings is 1. The fourth-order valence-corrected chi connectivity index (χ4v) is 5.52. The second-order valence-electron chi connectivity index (χ2n) is 8.19. The predicted octanol–water partition coefficient (Wildman–Crippen LogP) is 3.10. The minimum Gasteiger partial charge on any atom is -0.477 e. The molecule has 1 amide bonds. The molecule has 13 heteroatoms. The van der Waals surface area contributed by atoms with Crippen molar-refractivity contribution in [3.63, 3.8) is 0 Å². The number of ether oxygens (including phenoxy) is 1. The van der Waals surface area contributed by atoms with Gasteiger partial charge in [0, 0.05) is 17.1 Å².